The molecule has 1 saturated carbocycles. The van der Waals surface area contributed by atoms with Crippen LogP contribution < -0.4 is 15.7 Å². The van der Waals surface area contributed by atoms with Gasteiger partial charge in [0.05, 0.1) is 12.9 Å². The molecule has 15 heteroatoms. The third-order valence-corrected chi connectivity index (χ3v) is 7.00. The molecule has 2 fully saturated rings. The van der Waals surface area contributed by atoms with E-state index < -0.39 is 49.9 Å². The minimum Gasteiger partial charge on any atom is -0.465 e. The Morgan fingerprint density at radius 1 is 1.52 bits per heavy atom. The van der Waals surface area contributed by atoms with Gasteiger partial charge in [0.1, 0.15) is 18.2 Å². The lowest BCUT2D eigenvalue weighted by molar-refractivity contribution is -0.144. The third kappa shape index (κ3) is 3.66. The van der Waals surface area contributed by atoms with Crippen LogP contribution in [0.4, 0.5) is 16.2 Å². The van der Waals surface area contributed by atoms with Crippen molar-refractivity contribution in [1.29, 1.82) is 0 Å². The van der Waals surface area contributed by atoms with Gasteiger partial charge in [0.25, 0.3) is 8.18 Å². The number of nitrogens with zero attached hydrogens (tertiary/aromatic N) is 5. The molecule has 0 bridgehead atoms. The number of halogens is 1. The molecule has 2 aromatic heterocycles. The number of aliphatic hydroxyl groups is 1. The number of nitrogen functional groups attached to an aromatic ring is 1. The van der Waals surface area contributed by atoms with E-state index in [0.717, 1.165) is 6.92 Å². The van der Waals surface area contributed by atoms with E-state index in [1.165, 1.54) is 17.8 Å². The minimum atomic E-state index is -3.01. The molecule has 33 heavy (non-hydrogen) atoms. The van der Waals surface area contributed by atoms with Gasteiger partial charge in [-0.1, -0.05) is 0 Å². The molecule has 4 rings (SSSR count). The van der Waals surface area contributed by atoms with Crippen LogP contribution in [-0.4, -0.2) is 80.8 Å². The summed E-state index contributed by atoms with van der Waals surface area (Å²) < 4.78 is 45.5. The minimum absolute atomic E-state index is 0.0306. The van der Waals surface area contributed by atoms with Gasteiger partial charge >= 0.3 is 5.97 Å². The van der Waals surface area contributed by atoms with Crippen molar-refractivity contribution in [1.82, 2.24) is 24.6 Å². The molecule has 7 atom stereocenters. The summed E-state index contributed by atoms with van der Waals surface area (Å²) in [6.07, 6.45) is -2.24. The number of imidazole rings is 1. The Morgan fingerprint density at radius 3 is 2.79 bits per heavy atom. The fourth-order valence-electron chi connectivity index (χ4n) is 4.04. The number of hydrogen-bond donors (Lipinski definition) is 3. The average Bonchev–Trinajstić information content (AvgIpc) is 3.01. The first kappa shape index (κ1) is 23.8. The number of aromatic nitrogens is 4. The predicted octanol–water partition coefficient (Wildman–Crippen LogP) is 0.161. The smallest absolute Gasteiger partial charge is 0.323 e. The lowest BCUT2D eigenvalue weighted by atomic mass is 9.97. The summed E-state index contributed by atoms with van der Waals surface area (Å²) in [5, 5.41) is 13.5. The van der Waals surface area contributed by atoms with E-state index in [2.05, 4.69) is 20.0 Å². The van der Waals surface area contributed by atoms with E-state index in [-0.39, 0.29) is 18.2 Å². The first-order valence-electron chi connectivity index (χ1n) is 10.3. The van der Waals surface area contributed by atoms with E-state index in [1.54, 1.807) is 25.9 Å². The Balaban J connectivity index is 1.52. The summed E-state index contributed by atoms with van der Waals surface area (Å²) in [5.41, 5.74) is 2.01. The van der Waals surface area contributed by atoms with Crippen LogP contribution in [-0.2, 0) is 23.4 Å². The topological polar surface area (TPSA) is 167 Å². The number of hydrogen-bond acceptors (Lipinski definition) is 11. The van der Waals surface area contributed by atoms with Crippen molar-refractivity contribution in [3.8, 4) is 0 Å². The molecule has 182 valence electrons. The Labute approximate surface area is 189 Å². The number of carbonyl (C=O) groups excluding carboxylic acids is 1. The van der Waals surface area contributed by atoms with E-state index >= 15 is 4.39 Å². The molecule has 0 amide bonds. The lowest BCUT2D eigenvalue weighted by Gasteiger charge is -2.30. The van der Waals surface area contributed by atoms with Gasteiger partial charge in [-0.2, -0.15) is 9.97 Å². The zero-order chi connectivity index (χ0) is 24.3. The Bertz CT molecular complexity index is 1110. The van der Waals surface area contributed by atoms with Crippen molar-refractivity contribution >= 4 is 37.1 Å². The van der Waals surface area contributed by atoms with Gasteiger partial charge in [0, 0.05) is 14.1 Å². The van der Waals surface area contributed by atoms with Crippen molar-refractivity contribution in [3.05, 3.63) is 6.33 Å². The second-order valence-corrected chi connectivity index (χ2v) is 9.48. The molecule has 2 aromatic rings. The monoisotopic (exact) mass is 487 g/mol. The molecule has 1 aliphatic heterocycles. The first-order chi connectivity index (χ1) is 15.4. The number of nitrogens with two attached hydrogens (primary N) is 1. The number of esters is 1. The molecule has 0 aromatic carbocycles. The molecule has 4 N–H and O–H groups in total. The van der Waals surface area contributed by atoms with Gasteiger partial charge < -0.3 is 29.7 Å². The molecule has 3 heterocycles. The highest BCUT2D eigenvalue weighted by Crippen LogP contribution is 2.64. The van der Waals surface area contributed by atoms with Gasteiger partial charge in [-0.15, -0.1) is 0 Å². The van der Waals surface area contributed by atoms with Crippen LogP contribution >= 0.6 is 8.18 Å². The number of alkyl halides is 1. The first-order valence-corrected chi connectivity index (χ1v) is 11.6. The van der Waals surface area contributed by atoms with Gasteiger partial charge in [0.2, 0.25) is 5.95 Å². The van der Waals surface area contributed by atoms with Crippen LogP contribution in [0.3, 0.4) is 0 Å². The van der Waals surface area contributed by atoms with Crippen LogP contribution in [0.25, 0.3) is 11.2 Å². The summed E-state index contributed by atoms with van der Waals surface area (Å²) in [4.78, 5) is 26.0. The quantitative estimate of drug-likeness (QED) is 0.341. The molecule has 0 spiro atoms. The van der Waals surface area contributed by atoms with Gasteiger partial charge in [-0.05, 0) is 20.8 Å². The summed E-state index contributed by atoms with van der Waals surface area (Å²) in [5.74, 6) is -0.191. The largest absolute Gasteiger partial charge is 0.465 e. The van der Waals surface area contributed by atoms with Crippen LogP contribution in [0.15, 0.2) is 6.33 Å². The van der Waals surface area contributed by atoms with Crippen molar-refractivity contribution in [2.45, 2.75) is 56.5 Å². The number of nitrogens with one attached hydrogen (secondary N) is 1. The molecule has 2 unspecified atom stereocenters. The maximum atomic E-state index is 16.0. The lowest BCUT2D eigenvalue weighted by Crippen LogP contribution is -2.45. The Kier molecular flexibility index (Phi) is 5.86. The van der Waals surface area contributed by atoms with Gasteiger partial charge in [-0.3, -0.25) is 13.9 Å². The molecule has 1 aliphatic carbocycles. The van der Waals surface area contributed by atoms with Crippen LogP contribution in [0, 0.1) is 0 Å². The number of carbonyl (C=O) groups is 1. The maximum absolute atomic E-state index is 16.0. The SMILES string of the molecule is CCOC(=O)[C@@H](C)N[PH](=O)OC1[C@H]2O[C@@H](n3cnc4c(N(C)C)nc(N)nc43)[C@](C)(F)[C@@]12O. The van der Waals surface area contributed by atoms with Crippen molar-refractivity contribution < 1.29 is 32.9 Å². The average molecular weight is 487 g/mol. The fourth-order valence-corrected chi connectivity index (χ4v) is 5.12. The molecule has 0 radical (unpaired) electrons. The molecule has 13 nitrogen and oxygen atoms in total. The third-order valence-electron chi connectivity index (χ3n) is 5.86. The van der Waals surface area contributed by atoms with Crippen LogP contribution in [0.5, 0.6) is 0 Å². The molecular weight excluding hydrogens is 460 g/mol. The second kappa shape index (κ2) is 8.13. The van der Waals surface area contributed by atoms with Crippen LogP contribution in [0.1, 0.15) is 27.0 Å². The summed E-state index contributed by atoms with van der Waals surface area (Å²) >= 11 is 0. The van der Waals surface area contributed by atoms with Crippen LogP contribution in [0.2, 0.25) is 0 Å². The number of rotatable bonds is 8. The number of ether oxygens (including phenoxy) is 2. The predicted molar refractivity (Wildman–Crippen MR) is 116 cm³/mol. The summed E-state index contributed by atoms with van der Waals surface area (Å²) in [7, 11) is 0.497. The van der Waals surface area contributed by atoms with E-state index in [1.807, 2.05) is 0 Å². The van der Waals surface area contributed by atoms with E-state index in [0.29, 0.717) is 11.3 Å². The van der Waals surface area contributed by atoms with Crippen molar-refractivity contribution in [2.75, 3.05) is 31.3 Å². The second-order valence-electron chi connectivity index (χ2n) is 8.38. The highest BCUT2D eigenvalue weighted by atomic mass is 31.1. The maximum Gasteiger partial charge on any atom is 0.323 e. The highest BCUT2D eigenvalue weighted by Gasteiger charge is 2.84. The zero-order valence-electron chi connectivity index (χ0n) is 18.8. The van der Waals surface area contributed by atoms with Gasteiger partial charge in [0.15, 0.2) is 34.5 Å². The molecule has 2 aliphatic rings. The van der Waals surface area contributed by atoms with E-state index in [9.17, 15) is 14.5 Å². The Hall–Kier alpha value is -2.38. The van der Waals surface area contributed by atoms with Crippen molar-refractivity contribution in [3.63, 3.8) is 0 Å². The van der Waals surface area contributed by atoms with Crippen molar-refractivity contribution in [2.24, 2.45) is 0 Å². The number of anilines is 2. The normalized spacial score (nSPS) is 32.4. The fraction of sp³-hybridized carbons (Fsp3) is 0.667. The number of fused-ring (bicyclic) bond motifs is 2. The van der Waals surface area contributed by atoms with Gasteiger partial charge in [-0.25, -0.2) is 14.5 Å². The highest BCUT2D eigenvalue weighted by molar-refractivity contribution is 7.36. The molecule has 1 saturated heterocycles. The summed E-state index contributed by atoms with van der Waals surface area (Å²) in [6.45, 7) is 4.43. The standard InChI is InChI=1S/C18H27FN7O6P/c1-6-30-14(27)8(2)24-33(29)32-11-10-18(11,28)17(3,19)15(31-10)26-7-21-9-12(25(4)5)22-16(20)23-13(9)26/h7-8,10-11,15,28,33H,6H2,1-5H3,(H,24,29)(H2,20,22,23)/t8-,10-,11?,15-,17+,18+/m1/s1. The zero-order valence-corrected chi connectivity index (χ0v) is 19.8. The molecular formula is C18H27FN7O6P. The Morgan fingerprint density at radius 2 is 2.21 bits per heavy atom. The summed E-state index contributed by atoms with van der Waals surface area (Å²) in [6, 6.07) is -0.900. The van der Waals surface area contributed by atoms with E-state index in [4.69, 9.17) is 19.7 Å².